The fraction of sp³-hybridized carbons (Fsp3) is 0. The fourth-order valence-electron chi connectivity index (χ4n) is 2.19. The molecule has 0 saturated heterocycles. The Morgan fingerprint density at radius 1 is 0.947 bits per heavy atom. The minimum absolute atomic E-state index is 0.0845. The summed E-state index contributed by atoms with van der Waals surface area (Å²) in [6.45, 7) is 0. The molecule has 1 aromatic heterocycles. The van der Waals surface area contributed by atoms with Gasteiger partial charge >= 0.3 is 0 Å². The molecule has 0 unspecified atom stereocenters. The summed E-state index contributed by atoms with van der Waals surface area (Å²) in [6.07, 6.45) is 0. The van der Waals surface area contributed by atoms with E-state index in [1.165, 1.54) is 12.1 Å². The number of phenols is 1. The van der Waals surface area contributed by atoms with Crippen LogP contribution >= 0.6 is 0 Å². The monoisotopic (exact) mass is 253 g/mol. The van der Waals surface area contributed by atoms with E-state index in [1.54, 1.807) is 18.2 Å². The Balaban J connectivity index is 2.45. The van der Waals surface area contributed by atoms with E-state index in [0.717, 1.165) is 5.39 Å². The van der Waals surface area contributed by atoms with Crippen molar-refractivity contribution in [3.63, 3.8) is 0 Å². The number of rotatable bonds is 1. The van der Waals surface area contributed by atoms with Crippen LogP contribution in [0.25, 0.3) is 22.0 Å². The molecule has 0 saturated carbocycles. The summed E-state index contributed by atoms with van der Waals surface area (Å²) >= 11 is 0. The van der Waals surface area contributed by atoms with Gasteiger partial charge in [-0.3, -0.25) is 4.79 Å². The van der Waals surface area contributed by atoms with Crippen LogP contribution < -0.4 is 5.56 Å². The third-order valence-electron chi connectivity index (χ3n) is 3.03. The maximum Gasteiger partial charge on any atom is 0.291 e. The van der Waals surface area contributed by atoms with Gasteiger partial charge in [-0.05, 0) is 23.8 Å². The van der Waals surface area contributed by atoms with E-state index >= 15 is 0 Å². The standard InChI is InChI=1S/C15H11NO3/c17-10-5-3-4-9(8-10)13-11-6-1-2-7-12(11)16-15(19)14(13)18/h1-8,17-18H,(H,16,19). The largest absolute Gasteiger partial charge is 0.508 e. The van der Waals surface area contributed by atoms with Crippen molar-refractivity contribution in [1.82, 2.24) is 4.98 Å². The first kappa shape index (κ1) is 11.3. The fourth-order valence-corrected chi connectivity index (χ4v) is 2.19. The highest BCUT2D eigenvalue weighted by Gasteiger charge is 2.13. The molecule has 4 nitrogen and oxygen atoms in total. The van der Waals surface area contributed by atoms with E-state index in [9.17, 15) is 15.0 Å². The third-order valence-corrected chi connectivity index (χ3v) is 3.03. The van der Waals surface area contributed by atoms with Crippen LogP contribution in [0.5, 0.6) is 11.5 Å². The SMILES string of the molecule is O=c1[nH]c2ccccc2c(-c2cccc(O)c2)c1O. The number of aromatic hydroxyl groups is 2. The smallest absolute Gasteiger partial charge is 0.291 e. The quantitative estimate of drug-likeness (QED) is 0.624. The number of H-pyrrole nitrogens is 1. The van der Waals surface area contributed by atoms with E-state index in [2.05, 4.69) is 4.98 Å². The van der Waals surface area contributed by atoms with Crippen LogP contribution in [0, 0.1) is 0 Å². The minimum Gasteiger partial charge on any atom is -0.508 e. The molecule has 94 valence electrons. The van der Waals surface area contributed by atoms with Crippen molar-refractivity contribution in [3.8, 4) is 22.6 Å². The molecule has 0 spiro atoms. The first-order valence-corrected chi connectivity index (χ1v) is 5.80. The average molecular weight is 253 g/mol. The van der Waals surface area contributed by atoms with Crippen molar-refractivity contribution >= 4 is 10.9 Å². The molecule has 0 amide bonds. The van der Waals surface area contributed by atoms with Crippen molar-refractivity contribution in [2.45, 2.75) is 0 Å². The molecule has 0 fully saturated rings. The predicted molar refractivity (Wildman–Crippen MR) is 73.3 cm³/mol. The van der Waals surface area contributed by atoms with E-state index in [1.807, 2.05) is 18.2 Å². The van der Waals surface area contributed by atoms with Gasteiger partial charge < -0.3 is 15.2 Å². The molecule has 0 aliphatic heterocycles. The van der Waals surface area contributed by atoms with Crippen molar-refractivity contribution in [2.24, 2.45) is 0 Å². The van der Waals surface area contributed by atoms with Crippen LogP contribution in [0.1, 0.15) is 0 Å². The van der Waals surface area contributed by atoms with Crippen LogP contribution in [0.2, 0.25) is 0 Å². The minimum atomic E-state index is -0.544. The van der Waals surface area contributed by atoms with Crippen LogP contribution in [0.3, 0.4) is 0 Å². The number of fused-ring (bicyclic) bond motifs is 1. The first-order chi connectivity index (χ1) is 9.16. The highest BCUT2D eigenvalue weighted by molar-refractivity contribution is 5.97. The maximum atomic E-state index is 11.7. The highest BCUT2D eigenvalue weighted by Crippen LogP contribution is 2.34. The summed E-state index contributed by atoms with van der Waals surface area (Å²) in [5.41, 5.74) is 1.12. The molecule has 0 atom stereocenters. The second-order valence-electron chi connectivity index (χ2n) is 4.27. The number of aromatic amines is 1. The van der Waals surface area contributed by atoms with Gasteiger partial charge in [0, 0.05) is 16.5 Å². The molecule has 4 heteroatoms. The highest BCUT2D eigenvalue weighted by atomic mass is 16.3. The number of benzene rings is 2. The molecular formula is C15H11NO3. The zero-order valence-electron chi connectivity index (χ0n) is 9.92. The molecule has 2 aromatic carbocycles. The van der Waals surface area contributed by atoms with Gasteiger partial charge in [0.15, 0.2) is 5.75 Å². The van der Waals surface area contributed by atoms with Crippen LogP contribution in [-0.4, -0.2) is 15.2 Å². The first-order valence-electron chi connectivity index (χ1n) is 5.80. The Morgan fingerprint density at radius 2 is 1.74 bits per heavy atom. The molecule has 3 aromatic rings. The molecule has 0 bridgehead atoms. The summed E-state index contributed by atoms with van der Waals surface area (Å²) in [6, 6.07) is 13.7. The van der Waals surface area contributed by atoms with E-state index in [-0.39, 0.29) is 11.5 Å². The summed E-state index contributed by atoms with van der Waals surface area (Å²) in [5.74, 6) is -0.259. The maximum absolute atomic E-state index is 11.7. The Labute approximate surface area is 108 Å². The number of para-hydroxylation sites is 1. The van der Waals surface area contributed by atoms with Gasteiger partial charge in [0.25, 0.3) is 5.56 Å². The van der Waals surface area contributed by atoms with Gasteiger partial charge in [0.05, 0.1) is 0 Å². The number of phenolic OH excluding ortho intramolecular Hbond substituents is 1. The van der Waals surface area contributed by atoms with Crippen LogP contribution in [-0.2, 0) is 0 Å². The lowest BCUT2D eigenvalue weighted by Gasteiger charge is -2.09. The zero-order valence-corrected chi connectivity index (χ0v) is 9.92. The number of nitrogens with one attached hydrogen (secondary N) is 1. The molecule has 0 aliphatic rings. The zero-order chi connectivity index (χ0) is 13.4. The van der Waals surface area contributed by atoms with Gasteiger partial charge in [-0.1, -0.05) is 30.3 Å². The van der Waals surface area contributed by atoms with E-state index in [0.29, 0.717) is 16.6 Å². The van der Waals surface area contributed by atoms with Crippen LogP contribution in [0.4, 0.5) is 0 Å². The van der Waals surface area contributed by atoms with E-state index in [4.69, 9.17) is 0 Å². The molecule has 0 aliphatic carbocycles. The Morgan fingerprint density at radius 3 is 2.53 bits per heavy atom. The summed E-state index contributed by atoms with van der Waals surface area (Å²) in [4.78, 5) is 14.4. The number of hydrogen-bond acceptors (Lipinski definition) is 3. The predicted octanol–water partition coefficient (Wildman–Crippen LogP) is 2.61. The molecule has 0 radical (unpaired) electrons. The summed E-state index contributed by atoms with van der Waals surface area (Å²) < 4.78 is 0. The van der Waals surface area contributed by atoms with Crippen molar-refractivity contribution < 1.29 is 10.2 Å². The van der Waals surface area contributed by atoms with Crippen LogP contribution in [0.15, 0.2) is 53.3 Å². The third kappa shape index (κ3) is 1.83. The lowest BCUT2D eigenvalue weighted by Crippen LogP contribution is -2.06. The molecule has 3 rings (SSSR count). The molecular weight excluding hydrogens is 242 g/mol. The van der Waals surface area contributed by atoms with Crippen molar-refractivity contribution in [1.29, 1.82) is 0 Å². The van der Waals surface area contributed by atoms with Gasteiger partial charge in [0.1, 0.15) is 5.75 Å². The van der Waals surface area contributed by atoms with Crippen molar-refractivity contribution in [2.75, 3.05) is 0 Å². The molecule has 1 heterocycles. The lowest BCUT2D eigenvalue weighted by molar-refractivity contribution is 0.469. The number of aromatic nitrogens is 1. The summed E-state index contributed by atoms with van der Waals surface area (Å²) in [5, 5.41) is 20.3. The van der Waals surface area contributed by atoms with Gasteiger partial charge in [-0.15, -0.1) is 0 Å². The second kappa shape index (κ2) is 4.17. The Hall–Kier alpha value is -2.75. The summed E-state index contributed by atoms with van der Waals surface area (Å²) in [7, 11) is 0. The Bertz CT molecular complexity index is 821. The molecule has 3 N–H and O–H groups in total. The van der Waals surface area contributed by atoms with Gasteiger partial charge in [-0.2, -0.15) is 0 Å². The van der Waals surface area contributed by atoms with E-state index < -0.39 is 5.56 Å². The topological polar surface area (TPSA) is 73.3 Å². The normalized spacial score (nSPS) is 10.7. The lowest BCUT2D eigenvalue weighted by atomic mass is 10.00. The average Bonchev–Trinajstić information content (AvgIpc) is 2.40. The Kier molecular flexibility index (Phi) is 2.49. The molecule has 19 heavy (non-hydrogen) atoms. The number of hydrogen-bond donors (Lipinski definition) is 3. The van der Waals surface area contributed by atoms with Gasteiger partial charge in [-0.25, -0.2) is 0 Å². The van der Waals surface area contributed by atoms with Gasteiger partial charge in [0.2, 0.25) is 0 Å². The second-order valence-corrected chi connectivity index (χ2v) is 4.27. The number of pyridine rings is 1. The van der Waals surface area contributed by atoms with Crippen molar-refractivity contribution in [3.05, 3.63) is 58.9 Å².